The molecule has 1 aliphatic rings. The molecule has 1 aromatic heterocycles. The molecule has 0 aliphatic heterocycles. The normalized spacial score (nSPS) is 15.0. The number of aromatic nitrogens is 1. The van der Waals surface area contributed by atoms with E-state index in [1.165, 1.54) is 68.3 Å². The molecule has 0 bridgehead atoms. The van der Waals surface area contributed by atoms with Crippen LogP contribution in [0, 0.1) is 0 Å². The Labute approximate surface area is 92.9 Å². The van der Waals surface area contributed by atoms with E-state index in [2.05, 4.69) is 19.1 Å². The number of hydrogen-bond donors (Lipinski definition) is 0. The van der Waals surface area contributed by atoms with E-state index in [9.17, 15) is 0 Å². The second-order valence-electron chi connectivity index (χ2n) is 4.57. The van der Waals surface area contributed by atoms with Gasteiger partial charge < -0.3 is 0 Å². The van der Waals surface area contributed by atoms with Crippen molar-refractivity contribution in [2.45, 2.75) is 58.3 Å². The lowest BCUT2D eigenvalue weighted by atomic mass is 9.95. The third-order valence-electron chi connectivity index (χ3n) is 3.27. The van der Waals surface area contributed by atoms with Gasteiger partial charge in [0.05, 0.1) is 0 Å². The monoisotopic (exact) mass is 203 g/mol. The summed E-state index contributed by atoms with van der Waals surface area (Å²) >= 11 is 0. The van der Waals surface area contributed by atoms with Crippen LogP contribution in [0.2, 0.25) is 0 Å². The molecular formula is C14H21N. The molecule has 1 heterocycles. The average Bonchev–Trinajstić information content (AvgIpc) is 2.29. The van der Waals surface area contributed by atoms with Gasteiger partial charge in [0.15, 0.2) is 0 Å². The van der Waals surface area contributed by atoms with Gasteiger partial charge in [-0.15, -0.1) is 0 Å². The lowest BCUT2D eigenvalue weighted by Crippen LogP contribution is -2.06. The molecule has 0 atom stereocenters. The quantitative estimate of drug-likeness (QED) is 0.680. The van der Waals surface area contributed by atoms with E-state index >= 15 is 0 Å². The molecule has 15 heavy (non-hydrogen) atoms. The number of hydrogen-bond acceptors (Lipinski definition) is 1. The van der Waals surface area contributed by atoms with Crippen LogP contribution in [0.25, 0.3) is 0 Å². The zero-order valence-electron chi connectivity index (χ0n) is 9.76. The molecular weight excluding hydrogens is 182 g/mol. The molecule has 0 N–H and O–H groups in total. The number of rotatable bonds is 4. The summed E-state index contributed by atoms with van der Waals surface area (Å²) in [6.07, 6.45) is 10.2. The van der Waals surface area contributed by atoms with E-state index in [0.717, 1.165) is 0 Å². The summed E-state index contributed by atoms with van der Waals surface area (Å²) in [5.41, 5.74) is 4.19. The van der Waals surface area contributed by atoms with E-state index in [-0.39, 0.29) is 0 Å². The largest absolute Gasteiger partial charge is 0.258 e. The van der Waals surface area contributed by atoms with Crippen molar-refractivity contribution in [2.24, 2.45) is 0 Å². The number of unbranched alkanes of at least 4 members (excludes halogenated alkanes) is 2. The van der Waals surface area contributed by atoms with Gasteiger partial charge in [-0.05, 0) is 50.2 Å². The Bertz CT molecular complexity index is 317. The van der Waals surface area contributed by atoms with Crippen molar-refractivity contribution in [3.8, 4) is 0 Å². The maximum absolute atomic E-state index is 4.79. The highest BCUT2D eigenvalue weighted by molar-refractivity contribution is 5.25. The Hall–Kier alpha value is -0.850. The van der Waals surface area contributed by atoms with Crippen LogP contribution >= 0.6 is 0 Å². The second-order valence-corrected chi connectivity index (χ2v) is 4.57. The Kier molecular flexibility index (Phi) is 3.76. The van der Waals surface area contributed by atoms with Crippen LogP contribution < -0.4 is 0 Å². The summed E-state index contributed by atoms with van der Waals surface area (Å²) in [6.45, 7) is 2.25. The Morgan fingerprint density at radius 3 is 2.87 bits per heavy atom. The fourth-order valence-corrected chi connectivity index (χ4v) is 2.32. The van der Waals surface area contributed by atoms with Gasteiger partial charge in [0, 0.05) is 11.4 Å². The minimum atomic E-state index is 1.17. The smallest absolute Gasteiger partial charge is 0.0438 e. The van der Waals surface area contributed by atoms with Gasteiger partial charge in [0.1, 0.15) is 0 Å². The summed E-state index contributed by atoms with van der Waals surface area (Å²) in [5.74, 6) is 0. The molecule has 0 aromatic carbocycles. The van der Waals surface area contributed by atoms with Crippen molar-refractivity contribution in [2.75, 3.05) is 0 Å². The van der Waals surface area contributed by atoms with E-state index in [1.54, 1.807) is 0 Å². The van der Waals surface area contributed by atoms with Gasteiger partial charge in [0.25, 0.3) is 0 Å². The number of nitrogens with zero attached hydrogens (tertiary/aromatic N) is 1. The van der Waals surface area contributed by atoms with E-state index in [1.807, 2.05) is 0 Å². The van der Waals surface area contributed by atoms with Crippen LogP contribution in [-0.2, 0) is 19.3 Å². The molecule has 0 spiro atoms. The highest BCUT2D eigenvalue weighted by Crippen LogP contribution is 2.20. The molecule has 1 aliphatic carbocycles. The van der Waals surface area contributed by atoms with Gasteiger partial charge in [0.2, 0.25) is 0 Å². The molecule has 1 heteroatoms. The van der Waals surface area contributed by atoms with Crippen LogP contribution in [-0.4, -0.2) is 4.98 Å². The van der Waals surface area contributed by atoms with Crippen LogP contribution in [0.5, 0.6) is 0 Å². The number of aryl methyl sites for hydroxylation is 3. The minimum absolute atomic E-state index is 1.17. The number of fused-ring (bicyclic) bond motifs is 1. The second kappa shape index (κ2) is 5.29. The lowest BCUT2D eigenvalue weighted by molar-refractivity contribution is 0.654. The minimum Gasteiger partial charge on any atom is -0.258 e. The summed E-state index contributed by atoms with van der Waals surface area (Å²) in [6, 6.07) is 4.54. The molecule has 2 rings (SSSR count). The molecule has 0 radical (unpaired) electrons. The third-order valence-corrected chi connectivity index (χ3v) is 3.27. The van der Waals surface area contributed by atoms with Gasteiger partial charge in [-0.1, -0.05) is 25.8 Å². The van der Waals surface area contributed by atoms with Crippen molar-refractivity contribution in [1.82, 2.24) is 4.98 Å². The van der Waals surface area contributed by atoms with Crippen molar-refractivity contribution in [1.29, 1.82) is 0 Å². The highest BCUT2D eigenvalue weighted by Gasteiger charge is 2.10. The summed E-state index contributed by atoms with van der Waals surface area (Å²) < 4.78 is 0. The highest BCUT2D eigenvalue weighted by atomic mass is 14.7. The summed E-state index contributed by atoms with van der Waals surface area (Å²) in [7, 11) is 0. The third kappa shape index (κ3) is 2.80. The Morgan fingerprint density at radius 2 is 2.00 bits per heavy atom. The van der Waals surface area contributed by atoms with Gasteiger partial charge in [-0.2, -0.15) is 0 Å². The molecule has 1 aromatic rings. The van der Waals surface area contributed by atoms with E-state index in [4.69, 9.17) is 4.98 Å². The van der Waals surface area contributed by atoms with Crippen molar-refractivity contribution >= 4 is 0 Å². The van der Waals surface area contributed by atoms with Gasteiger partial charge in [-0.25, -0.2) is 0 Å². The molecule has 82 valence electrons. The average molecular weight is 203 g/mol. The van der Waals surface area contributed by atoms with Crippen LogP contribution in [0.1, 0.15) is 56.0 Å². The van der Waals surface area contributed by atoms with Crippen LogP contribution in [0.15, 0.2) is 12.1 Å². The first-order valence-electron chi connectivity index (χ1n) is 6.38. The predicted octanol–water partition coefficient (Wildman–Crippen LogP) is 3.69. The number of pyridine rings is 1. The van der Waals surface area contributed by atoms with Gasteiger partial charge in [-0.3, -0.25) is 4.98 Å². The summed E-state index contributed by atoms with van der Waals surface area (Å²) in [4.78, 5) is 4.79. The molecule has 0 unspecified atom stereocenters. The maximum atomic E-state index is 4.79. The van der Waals surface area contributed by atoms with E-state index < -0.39 is 0 Å². The fraction of sp³-hybridized carbons (Fsp3) is 0.643. The molecule has 0 amide bonds. The topological polar surface area (TPSA) is 12.9 Å². The molecule has 0 fully saturated rings. The first-order chi connectivity index (χ1) is 7.40. The Balaban J connectivity index is 2.00. The molecule has 0 saturated carbocycles. The Morgan fingerprint density at radius 1 is 1.13 bits per heavy atom. The van der Waals surface area contributed by atoms with Crippen molar-refractivity contribution in [3.63, 3.8) is 0 Å². The van der Waals surface area contributed by atoms with Crippen LogP contribution in [0.4, 0.5) is 0 Å². The molecule has 1 nitrogen and oxygen atoms in total. The van der Waals surface area contributed by atoms with E-state index in [0.29, 0.717) is 0 Å². The first kappa shape index (κ1) is 10.7. The standard InChI is InChI=1S/C14H21N/c1-2-3-4-8-13-11-10-12-7-5-6-9-14(12)15-13/h10-11H,2-9H2,1H3. The first-order valence-corrected chi connectivity index (χ1v) is 6.38. The van der Waals surface area contributed by atoms with Crippen molar-refractivity contribution < 1.29 is 0 Å². The van der Waals surface area contributed by atoms with Crippen molar-refractivity contribution in [3.05, 3.63) is 29.1 Å². The SMILES string of the molecule is CCCCCc1ccc2c(n1)CCCC2. The lowest BCUT2D eigenvalue weighted by Gasteiger charge is -2.15. The zero-order valence-corrected chi connectivity index (χ0v) is 9.76. The molecule has 0 saturated heterocycles. The maximum Gasteiger partial charge on any atom is 0.0438 e. The van der Waals surface area contributed by atoms with Gasteiger partial charge >= 0.3 is 0 Å². The predicted molar refractivity (Wildman–Crippen MR) is 64.1 cm³/mol. The summed E-state index contributed by atoms with van der Waals surface area (Å²) in [5, 5.41) is 0. The zero-order chi connectivity index (χ0) is 10.5. The fourth-order valence-electron chi connectivity index (χ4n) is 2.32. The van der Waals surface area contributed by atoms with Crippen LogP contribution in [0.3, 0.4) is 0 Å².